The molecular weight excluding hydrogens is 324 g/mol. The number of rotatable bonds is 4. The molecule has 0 atom stereocenters. The molecule has 0 spiro atoms. The Hall–Kier alpha value is -2.80. The van der Waals surface area contributed by atoms with Gasteiger partial charge in [-0.1, -0.05) is 18.2 Å². The number of fused-ring (bicyclic) bond motifs is 2. The Morgan fingerprint density at radius 3 is 2.96 bits per heavy atom. The van der Waals surface area contributed by atoms with Gasteiger partial charge >= 0.3 is 0 Å². The van der Waals surface area contributed by atoms with E-state index < -0.39 is 5.91 Å². The molecular formula is C17H14N4O2S. The lowest BCUT2D eigenvalue weighted by atomic mass is 10.1. The van der Waals surface area contributed by atoms with E-state index in [9.17, 15) is 4.79 Å². The standard InChI is InChI=1S/C17H14N4O2S/c1-24-9-21-14-6-13(17(18)22)19-7-11(14)16(20-21)12-8-23-15-5-3-2-4-10(12)15/h2-8H,9H2,1H3,(H2,18,22). The van der Waals surface area contributed by atoms with E-state index in [1.807, 2.05) is 35.2 Å². The minimum atomic E-state index is -0.552. The molecule has 0 aliphatic rings. The van der Waals surface area contributed by atoms with Crippen LogP contribution in [-0.2, 0) is 5.88 Å². The van der Waals surface area contributed by atoms with Crippen molar-refractivity contribution in [2.45, 2.75) is 5.88 Å². The molecule has 1 amide bonds. The Morgan fingerprint density at radius 2 is 2.17 bits per heavy atom. The smallest absolute Gasteiger partial charge is 0.267 e. The highest BCUT2D eigenvalue weighted by atomic mass is 32.2. The number of nitrogens with zero attached hydrogens (tertiary/aromatic N) is 3. The fraction of sp³-hybridized carbons (Fsp3) is 0.118. The van der Waals surface area contributed by atoms with Crippen molar-refractivity contribution in [1.82, 2.24) is 14.8 Å². The number of hydrogen-bond donors (Lipinski definition) is 1. The first-order valence-electron chi connectivity index (χ1n) is 7.31. The fourth-order valence-corrected chi connectivity index (χ4v) is 3.23. The molecule has 0 fully saturated rings. The van der Waals surface area contributed by atoms with Crippen molar-refractivity contribution >= 4 is 39.5 Å². The van der Waals surface area contributed by atoms with Crippen molar-refractivity contribution in [3.8, 4) is 11.3 Å². The number of amides is 1. The van der Waals surface area contributed by atoms with Gasteiger partial charge in [-0.15, -0.1) is 11.8 Å². The zero-order valence-corrected chi connectivity index (χ0v) is 13.7. The summed E-state index contributed by atoms with van der Waals surface area (Å²) in [5, 5.41) is 6.57. The number of aromatic nitrogens is 3. The maximum Gasteiger partial charge on any atom is 0.267 e. The minimum Gasteiger partial charge on any atom is -0.464 e. The molecule has 0 unspecified atom stereocenters. The van der Waals surface area contributed by atoms with Crippen molar-refractivity contribution < 1.29 is 9.21 Å². The van der Waals surface area contributed by atoms with Crippen LogP contribution in [0.15, 0.2) is 47.2 Å². The van der Waals surface area contributed by atoms with E-state index >= 15 is 0 Å². The molecule has 4 rings (SSSR count). The van der Waals surface area contributed by atoms with E-state index in [2.05, 4.69) is 4.98 Å². The predicted octanol–water partition coefficient (Wildman–Crippen LogP) is 3.26. The third-order valence-corrected chi connectivity index (χ3v) is 4.38. The summed E-state index contributed by atoms with van der Waals surface area (Å²) < 4.78 is 7.49. The topological polar surface area (TPSA) is 86.9 Å². The fourth-order valence-electron chi connectivity index (χ4n) is 2.78. The van der Waals surface area contributed by atoms with Crippen molar-refractivity contribution in [2.75, 3.05) is 6.26 Å². The zero-order valence-electron chi connectivity index (χ0n) is 12.9. The van der Waals surface area contributed by atoms with Gasteiger partial charge in [-0.25, -0.2) is 0 Å². The lowest BCUT2D eigenvalue weighted by Gasteiger charge is -2.00. The first kappa shape index (κ1) is 14.8. The van der Waals surface area contributed by atoms with Crippen LogP contribution in [0.5, 0.6) is 0 Å². The van der Waals surface area contributed by atoms with Crippen molar-refractivity contribution in [3.05, 3.63) is 48.5 Å². The molecule has 6 nitrogen and oxygen atoms in total. The van der Waals surface area contributed by atoms with Crippen LogP contribution >= 0.6 is 11.8 Å². The van der Waals surface area contributed by atoms with Crippen molar-refractivity contribution in [3.63, 3.8) is 0 Å². The number of carbonyl (C=O) groups excluding carboxylic acids is 1. The quantitative estimate of drug-likeness (QED) is 0.617. The number of pyridine rings is 1. The Morgan fingerprint density at radius 1 is 1.33 bits per heavy atom. The molecule has 0 radical (unpaired) electrons. The molecule has 7 heteroatoms. The molecule has 0 aliphatic carbocycles. The number of furan rings is 1. The van der Waals surface area contributed by atoms with Gasteiger partial charge in [0.15, 0.2) is 0 Å². The third-order valence-electron chi connectivity index (χ3n) is 3.88. The van der Waals surface area contributed by atoms with E-state index in [1.54, 1.807) is 30.3 Å². The number of nitrogens with two attached hydrogens (primary N) is 1. The molecule has 0 saturated heterocycles. The highest BCUT2D eigenvalue weighted by Gasteiger charge is 2.18. The van der Waals surface area contributed by atoms with E-state index in [1.165, 1.54) is 0 Å². The van der Waals surface area contributed by atoms with Gasteiger partial charge in [-0.2, -0.15) is 5.10 Å². The molecule has 4 aromatic rings. The molecule has 1 aromatic carbocycles. The molecule has 120 valence electrons. The predicted molar refractivity (Wildman–Crippen MR) is 94.8 cm³/mol. The van der Waals surface area contributed by atoms with Crippen LogP contribution in [0.2, 0.25) is 0 Å². The summed E-state index contributed by atoms with van der Waals surface area (Å²) in [5.41, 5.74) is 8.91. The summed E-state index contributed by atoms with van der Waals surface area (Å²) >= 11 is 1.64. The van der Waals surface area contributed by atoms with Crippen LogP contribution < -0.4 is 5.73 Å². The van der Waals surface area contributed by atoms with Crippen LogP contribution in [0.1, 0.15) is 10.5 Å². The molecule has 0 saturated carbocycles. The Bertz CT molecular complexity index is 1070. The van der Waals surface area contributed by atoms with Gasteiger partial charge in [0, 0.05) is 22.5 Å². The van der Waals surface area contributed by atoms with Gasteiger partial charge in [0.05, 0.1) is 11.4 Å². The van der Waals surface area contributed by atoms with E-state index in [0.29, 0.717) is 5.88 Å². The molecule has 24 heavy (non-hydrogen) atoms. The second-order valence-corrected chi connectivity index (χ2v) is 6.20. The van der Waals surface area contributed by atoms with Crippen molar-refractivity contribution in [2.24, 2.45) is 5.73 Å². The summed E-state index contributed by atoms with van der Waals surface area (Å²) in [6, 6.07) is 9.50. The Kier molecular flexibility index (Phi) is 3.50. The first-order valence-corrected chi connectivity index (χ1v) is 8.70. The highest BCUT2D eigenvalue weighted by Crippen LogP contribution is 2.34. The maximum absolute atomic E-state index is 11.4. The normalized spacial score (nSPS) is 11.4. The second kappa shape index (κ2) is 5.68. The Balaban J connectivity index is 2.00. The number of thioether (sulfide) groups is 1. The average Bonchev–Trinajstić information content (AvgIpc) is 3.16. The van der Waals surface area contributed by atoms with Crippen LogP contribution in [0.25, 0.3) is 33.1 Å². The highest BCUT2D eigenvalue weighted by molar-refractivity contribution is 7.97. The van der Waals surface area contributed by atoms with Crippen LogP contribution in [0.4, 0.5) is 0 Å². The first-order chi connectivity index (χ1) is 11.7. The van der Waals surface area contributed by atoms with Gasteiger partial charge in [-0.05, 0) is 18.4 Å². The van der Waals surface area contributed by atoms with Crippen LogP contribution in [-0.4, -0.2) is 26.9 Å². The van der Waals surface area contributed by atoms with Crippen LogP contribution in [0.3, 0.4) is 0 Å². The lowest BCUT2D eigenvalue weighted by Crippen LogP contribution is -2.12. The van der Waals surface area contributed by atoms with Crippen molar-refractivity contribution in [1.29, 1.82) is 0 Å². The van der Waals surface area contributed by atoms with Crippen LogP contribution in [0, 0.1) is 0 Å². The number of benzene rings is 1. The molecule has 3 aromatic heterocycles. The minimum absolute atomic E-state index is 0.230. The monoisotopic (exact) mass is 338 g/mol. The third kappa shape index (κ3) is 2.25. The largest absolute Gasteiger partial charge is 0.464 e. The average molecular weight is 338 g/mol. The summed E-state index contributed by atoms with van der Waals surface area (Å²) in [6.07, 6.45) is 5.35. The molecule has 2 N–H and O–H groups in total. The molecule has 0 bridgehead atoms. The Labute approximate surface area is 141 Å². The van der Waals surface area contributed by atoms with Gasteiger partial charge < -0.3 is 10.2 Å². The summed E-state index contributed by atoms with van der Waals surface area (Å²) in [7, 11) is 0. The van der Waals surface area contributed by atoms with Gasteiger partial charge in [-0.3, -0.25) is 14.5 Å². The summed E-state index contributed by atoms with van der Waals surface area (Å²) in [6.45, 7) is 0. The summed E-state index contributed by atoms with van der Waals surface area (Å²) in [5.74, 6) is 0.109. The number of carbonyl (C=O) groups is 1. The van der Waals surface area contributed by atoms with Gasteiger partial charge in [0.25, 0.3) is 5.91 Å². The van der Waals surface area contributed by atoms with E-state index in [4.69, 9.17) is 15.2 Å². The number of hydrogen-bond acceptors (Lipinski definition) is 5. The van der Waals surface area contributed by atoms with E-state index in [-0.39, 0.29) is 5.69 Å². The van der Waals surface area contributed by atoms with Gasteiger partial charge in [0.2, 0.25) is 0 Å². The lowest BCUT2D eigenvalue weighted by molar-refractivity contribution is 0.0995. The van der Waals surface area contributed by atoms with E-state index in [0.717, 1.165) is 33.1 Å². The van der Waals surface area contributed by atoms with Gasteiger partial charge in [0.1, 0.15) is 23.2 Å². The summed E-state index contributed by atoms with van der Waals surface area (Å²) in [4.78, 5) is 15.6. The molecule has 0 aliphatic heterocycles. The zero-order chi connectivity index (χ0) is 16.7. The number of para-hydroxylation sites is 1. The second-order valence-electron chi connectivity index (χ2n) is 5.36. The SMILES string of the molecule is CSCn1nc(-c2coc3ccccc23)c2cnc(C(N)=O)cc21. The number of primary amides is 1. The molecule has 3 heterocycles. The maximum atomic E-state index is 11.4.